The Balaban J connectivity index is 2.02. The van der Waals surface area contributed by atoms with Crippen LogP contribution in [0.4, 0.5) is 5.69 Å². The maximum absolute atomic E-state index is 12.1. The normalized spacial score (nSPS) is 10.0. The standard InChI is InChI=1S/C15H12Br2N2OS/c1-9-5-6-10(7-13(9)17)14(20)19-15(21)18-12-4-2-3-11(16)8-12/h2-8H,1H3,(H2,18,19,20,21). The van der Waals surface area contributed by atoms with Crippen LogP contribution in [-0.2, 0) is 0 Å². The van der Waals surface area contributed by atoms with Crippen molar-refractivity contribution >= 4 is 60.8 Å². The van der Waals surface area contributed by atoms with Gasteiger partial charge in [-0.2, -0.15) is 0 Å². The summed E-state index contributed by atoms with van der Waals surface area (Å²) in [6, 6.07) is 12.9. The van der Waals surface area contributed by atoms with E-state index in [1.807, 2.05) is 37.3 Å². The van der Waals surface area contributed by atoms with Gasteiger partial charge in [0.2, 0.25) is 0 Å². The number of carbonyl (C=O) groups excluding carboxylic acids is 1. The predicted molar refractivity (Wildman–Crippen MR) is 96.7 cm³/mol. The Hall–Kier alpha value is -1.24. The van der Waals surface area contributed by atoms with Crippen molar-refractivity contribution in [3.8, 4) is 0 Å². The first kappa shape index (κ1) is 16.1. The molecular formula is C15H12Br2N2OS. The van der Waals surface area contributed by atoms with Crippen LogP contribution in [0.1, 0.15) is 15.9 Å². The fraction of sp³-hybridized carbons (Fsp3) is 0.0667. The Kier molecular flexibility index (Phi) is 5.50. The molecule has 3 nitrogen and oxygen atoms in total. The Bertz CT molecular complexity index is 704. The smallest absolute Gasteiger partial charge is 0.257 e. The zero-order valence-corrected chi connectivity index (χ0v) is 15.1. The minimum atomic E-state index is -0.247. The van der Waals surface area contributed by atoms with Gasteiger partial charge in [-0.1, -0.05) is 44.0 Å². The average Bonchev–Trinajstić information content (AvgIpc) is 2.41. The molecule has 2 aromatic carbocycles. The minimum Gasteiger partial charge on any atom is -0.332 e. The monoisotopic (exact) mass is 426 g/mol. The molecule has 0 atom stereocenters. The van der Waals surface area contributed by atoms with Gasteiger partial charge in [-0.05, 0) is 55.0 Å². The van der Waals surface area contributed by atoms with Crippen LogP contribution >= 0.6 is 44.1 Å². The molecule has 0 unspecified atom stereocenters. The number of thiocarbonyl (C=S) groups is 1. The quantitative estimate of drug-likeness (QED) is 0.685. The highest BCUT2D eigenvalue weighted by Crippen LogP contribution is 2.18. The highest BCUT2D eigenvalue weighted by molar-refractivity contribution is 9.10. The van der Waals surface area contributed by atoms with E-state index in [9.17, 15) is 4.79 Å². The van der Waals surface area contributed by atoms with Crippen molar-refractivity contribution in [3.05, 3.63) is 62.5 Å². The number of benzene rings is 2. The number of hydrogen-bond acceptors (Lipinski definition) is 2. The van der Waals surface area contributed by atoms with E-state index in [1.54, 1.807) is 12.1 Å². The first-order chi connectivity index (χ1) is 9.95. The summed E-state index contributed by atoms with van der Waals surface area (Å²) < 4.78 is 1.82. The molecule has 0 saturated heterocycles. The van der Waals surface area contributed by atoms with Crippen molar-refractivity contribution in [1.82, 2.24) is 5.32 Å². The van der Waals surface area contributed by atoms with Crippen LogP contribution in [0.15, 0.2) is 51.4 Å². The van der Waals surface area contributed by atoms with Gasteiger partial charge in [-0.3, -0.25) is 10.1 Å². The van der Waals surface area contributed by atoms with Crippen LogP contribution in [0.3, 0.4) is 0 Å². The molecule has 2 aromatic rings. The van der Waals surface area contributed by atoms with Crippen LogP contribution < -0.4 is 10.6 Å². The molecule has 0 heterocycles. The number of aryl methyl sites for hydroxylation is 1. The van der Waals surface area contributed by atoms with Crippen LogP contribution in [-0.4, -0.2) is 11.0 Å². The third-order valence-corrected chi connectivity index (χ3v) is 4.30. The van der Waals surface area contributed by atoms with Crippen molar-refractivity contribution in [2.75, 3.05) is 5.32 Å². The van der Waals surface area contributed by atoms with E-state index in [0.717, 1.165) is 20.2 Å². The highest BCUT2D eigenvalue weighted by Gasteiger charge is 2.09. The lowest BCUT2D eigenvalue weighted by atomic mass is 10.1. The van der Waals surface area contributed by atoms with Gasteiger partial charge < -0.3 is 5.32 Å². The lowest BCUT2D eigenvalue weighted by molar-refractivity contribution is 0.0977. The van der Waals surface area contributed by atoms with Gasteiger partial charge in [0, 0.05) is 20.2 Å². The maximum Gasteiger partial charge on any atom is 0.257 e. The van der Waals surface area contributed by atoms with E-state index in [2.05, 4.69) is 42.5 Å². The zero-order valence-electron chi connectivity index (χ0n) is 11.1. The molecule has 0 aliphatic rings. The molecular weight excluding hydrogens is 416 g/mol. The van der Waals surface area contributed by atoms with Crippen LogP contribution in [0.25, 0.3) is 0 Å². The van der Waals surface area contributed by atoms with E-state index in [0.29, 0.717) is 5.56 Å². The summed E-state index contributed by atoms with van der Waals surface area (Å²) in [6.07, 6.45) is 0. The molecule has 2 rings (SSSR count). The molecule has 6 heteroatoms. The third kappa shape index (κ3) is 4.62. The Morgan fingerprint density at radius 2 is 1.90 bits per heavy atom. The fourth-order valence-corrected chi connectivity index (χ4v) is 2.63. The summed E-state index contributed by atoms with van der Waals surface area (Å²) in [7, 11) is 0. The highest BCUT2D eigenvalue weighted by atomic mass is 79.9. The molecule has 0 fully saturated rings. The number of carbonyl (C=O) groups is 1. The summed E-state index contributed by atoms with van der Waals surface area (Å²) in [6.45, 7) is 1.96. The fourth-order valence-electron chi connectivity index (χ4n) is 1.64. The molecule has 108 valence electrons. The second-order valence-corrected chi connectivity index (χ2v) is 6.56. The second kappa shape index (κ2) is 7.15. The maximum atomic E-state index is 12.1. The molecule has 0 saturated carbocycles. The zero-order chi connectivity index (χ0) is 15.4. The molecule has 2 N–H and O–H groups in total. The lowest BCUT2D eigenvalue weighted by Crippen LogP contribution is -2.34. The largest absolute Gasteiger partial charge is 0.332 e. The molecule has 0 aliphatic carbocycles. The summed E-state index contributed by atoms with van der Waals surface area (Å²) in [5.74, 6) is -0.247. The average molecular weight is 428 g/mol. The van der Waals surface area contributed by atoms with Gasteiger partial charge in [0.25, 0.3) is 5.91 Å². The Labute approximate surface area is 145 Å². The Morgan fingerprint density at radius 3 is 2.57 bits per heavy atom. The van der Waals surface area contributed by atoms with Crippen LogP contribution in [0.2, 0.25) is 0 Å². The van der Waals surface area contributed by atoms with Crippen molar-refractivity contribution in [3.63, 3.8) is 0 Å². The molecule has 21 heavy (non-hydrogen) atoms. The number of amides is 1. The Morgan fingerprint density at radius 1 is 1.14 bits per heavy atom. The van der Waals surface area contributed by atoms with E-state index < -0.39 is 0 Å². The van der Waals surface area contributed by atoms with E-state index in [-0.39, 0.29) is 11.0 Å². The molecule has 0 aromatic heterocycles. The lowest BCUT2D eigenvalue weighted by Gasteiger charge is -2.10. The number of anilines is 1. The second-order valence-electron chi connectivity index (χ2n) is 4.38. The molecule has 0 radical (unpaired) electrons. The molecule has 1 amide bonds. The van der Waals surface area contributed by atoms with Crippen LogP contribution in [0.5, 0.6) is 0 Å². The van der Waals surface area contributed by atoms with Crippen molar-refractivity contribution in [1.29, 1.82) is 0 Å². The summed E-state index contributed by atoms with van der Waals surface area (Å²) >= 11 is 11.9. The van der Waals surface area contributed by atoms with E-state index in [1.165, 1.54) is 0 Å². The van der Waals surface area contributed by atoms with Crippen molar-refractivity contribution < 1.29 is 4.79 Å². The van der Waals surface area contributed by atoms with Gasteiger partial charge in [-0.15, -0.1) is 0 Å². The third-order valence-electron chi connectivity index (χ3n) is 2.74. The summed E-state index contributed by atoms with van der Waals surface area (Å²) in [5, 5.41) is 5.88. The number of rotatable bonds is 2. The molecule has 0 bridgehead atoms. The van der Waals surface area contributed by atoms with Gasteiger partial charge in [0.1, 0.15) is 0 Å². The first-order valence-electron chi connectivity index (χ1n) is 6.10. The van der Waals surface area contributed by atoms with Gasteiger partial charge in [0.15, 0.2) is 5.11 Å². The predicted octanol–water partition coefficient (Wildman–Crippen LogP) is 4.65. The van der Waals surface area contributed by atoms with Crippen LogP contribution in [0, 0.1) is 6.92 Å². The van der Waals surface area contributed by atoms with Gasteiger partial charge in [0.05, 0.1) is 0 Å². The topological polar surface area (TPSA) is 41.1 Å². The van der Waals surface area contributed by atoms with Crippen molar-refractivity contribution in [2.45, 2.75) is 6.92 Å². The van der Waals surface area contributed by atoms with E-state index in [4.69, 9.17) is 12.2 Å². The number of halogens is 2. The molecule has 0 aliphatic heterocycles. The van der Waals surface area contributed by atoms with Crippen molar-refractivity contribution in [2.24, 2.45) is 0 Å². The number of hydrogen-bond donors (Lipinski definition) is 2. The van der Waals surface area contributed by atoms with Gasteiger partial charge >= 0.3 is 0 Å². The SMILES string of the molecule is Cc1ccc(C(=O)NC(=S)Nc2cccc(Br)c2)cc1Br. The molecule has 0 spiro atoms. The summed E-state index contributed by atoms with van der Waals surface area (Å²) in [5.41, 5.74) is 2.42. The minimum absolute atomic E-state index is 0.247. The first-order valence-corrected chi connectivity index (χ1v) is 8.09. The summed E-state index contributed by atoms with van der Waals surface area (Å²) in [4.78, 5) is 12.1. The van der Waals surface area contributed by atoms with Gasteiger partial charge in [-0.25, -0.2) is 0 Å². The van der Waals surface area contributed by atoms with E-state index >= 15 is 0 Å². The number of nitrogens with one attached hydrogen (secondary N) is 2.